The predicted octanol–water partition coefficient (Wildman–Crippen LogP) is 0.286. The zero-order chi connectivity index (χ0) is 15.5. The number of hydrogen-bond donors (Lipinski definition) is 1. The number of ether oxygens (including phenoxy) is 1. The van der Waals surface area contributed by atoms with Gasteiger partial charge in [0, 0.05) is 6.04 Å². The molecule has 0 bridgehead atoms. The zero-order valence-electron chi connectivity index (χ0n) is 11.0. The summed E-state index contributed by atoms with van der Waals surface area (Å²) in [5.74, 6) is -2.36. The Labute approximate surface area is 121 Å². The van der Waals surface area contributed by atoms with Crippen LogP contribution in [0.1, 0.15) is 16.8 Å². The maximum Gasteiger partial charge on any atom is 0.341 e. The summed E-state index contributed by atoms with van der Waals surface area (Å²) in [5.41, 5.74) is -0.256. The van der Waals surface area contributed by atoms with E-state index in [9.17, 15) is 22.4 Å². The molecule has 1 aliphatic heterocycles. The third kappa shape index (κ3) is 4.25. The highest BCUT2D eigenvalue weighted by Crippen LogP contribution is 2.11. The van der Waals surface area contributed by atoms with Crippen molar-refractivity contribution in [3.8, 4) is 0 Å². The standard InChI is InChI=1S/C13H14FNO5S/c14-11-4-2-1-3-10(11)13(17)20-7-12(16)15-9-5-6-21(18,19)8-9/h1-4,9H,5-8H2,(H,15,16)/t9-/m1/s1. The van der Waals surface area contributed by atoms with E-state index < -0.39 is 40.2 Å². The number of amides is 1. The number of nitrogens with one attached hydrogen (secondary N) is 1. The summed E-state index contributed by atoms with van der Waals surface area (Å²) < 4.78 is 40.5. The first-order valence-corrected chi connectivity index (χ1v) is 8.11. The second kappa shape index (κ2) is 6.21. The van der Waals surface area contributed by atoms with Crippen molar-refractivity contribution in [2.75, 3.05) is 18.1 Å². The van der Waals surface area contributed by atoms with Gasteiger partial charge in [-0.1, -0.05) is 12.1 Å². The molecule has 1 aliphatic rings. The Morgan fingerprint density at radius 1 is 1.33 bits per heavy atom. The molecule has 0 aliphatic carbocycles. The summed E-state index contributed by atoms with van der Waals surface area (Å²) in [6.07, 6.45) is 0.343. The normalized spacial score (nSPS) is 20.0. The molecule has 0 aromatic heterocycles. The Morgan fingerprint density at radius 3 is 2.67 bits per heavy atom. The van der Waals surface area contributed by atoms with Crippen LogP contribution in [0, 0.1) is 5.82 Å². The molecule has 1 fully saturated rings. The van der Waals surface area contributed by atoms with Crippen LogP contribution in [0.25, 0.3) is 0 Å². The van der Waals surface area contributed by atoms with Crippen molar-refractivity contribution in [2.24, 2.45) is 0 Å². The van der Waals surface area contributed by atoms with Gasteiger partial charge in [-0.3, -0.25) is 4.79 Å². The fourth-order valence-corrected chi connectivity index (χ4v) is 3.69. The molecule has 0 radical (unpaired) electrons. The van der Waals surface area contributed by atoms with E-state index >= 15 is 0 Å². The van der Waals surface area contributed by atoms with Crippen molar-refractivity contribution in [2.45, 2.75) is 12.5 Å². The highest BCUT2D eigenvalue weighted by molar-refractivity contribution is 7.91. The second-order valence-electron chi connectivity index (χ2n) is 4.72. The van der Waals surface area contributed by atoms with Crippen molar-refractivity contribution < 1.29 is 27.1 Å². The average Bonchev–Trinajstić information content (AvgIpc) is 2.75. The minimum Gasteiger partial charge on any atom is -0.452 e. The van der Waals surface area contributed by atoms with E-state index in [1.54, 1.807) is 0 Å². The Morgan fingerprint density at radius 2 is 2.05 bits per heavy atom. The molecular formula is C13H14FNO5S. The van der Waals surface area contributed by atoms with Gasteiger partial charge >= 0.3 is 5.97 Å². The predicted molar refractivity (Wildman–Crippen MR) is 71.9 cm³/mol. The van der Waals surface area contributed by atoms with Crippen LogP contribution in [0.3, 0.4) is 0 Å². The molecular weight excluding hydrogens is 301 g/mol. The minimum atomic E-state index is -3.09. The molecule has 114 valence electrons. The number of sulfone groups is 1. The first-order valence-electron chi connectivity index (χ1n) is 6.29. The highest BCUT2D eigenvalue weighted by atomic mass is 32.2. The average molecular weight is 315 g/mol. The minimum absolute atomic E-state index is 0.0347. The van der Waals surface area contributed by atoms with Gasteiger partial charge in [-0.15, -0.1) is 0 Å². The first kappa shape index (κ1) is 15.4. The lowest BCUT2D eigenvalue weighted by Gasteiger charge is -2.11. The van der Waals surface area contributed by atoms with E-state index in [-0.39, 0.29) is 17.1 Å². The lowest BCUT2D eigenvalue weighted by atomic mass is 10.2. The number of rotatable bonds is 4. The maximum absolute atomic E-state index is 13.3. The summed E-state index contributed by atoms with van der Waals surface area (Å²) in [5, 5.41) is 2.47. The van der Waals surface area contributed by atoms with Crippen molar-refractivity contribution in [3.63, 3.8) is 0 Å². The molecule has 1 aromatic carbocycles. The van der Waals surface area contributed by atoms with Gasteiger partial charge in [0.25, 0.3) is 5.91 Å². The molecule has 1 N–H and O–H groups in total. The first-order chi connectivity index (χ1) is 9.87. The molecule has 0 unspecified atom stereocenters. The summed E-state index contributed by atoms with van der Waals surface area (Å²) >= 11 is 0. The molecule has 0 saturated carbocycles. The Hall–Kier alpha value is -1.96. The summed E-state index contributed by atoms with van der Waals surface area (Å²) in [4.78, 5) is 23.1. The third-order valence-corrected chi connectivity index (χ3v) is 4.79. The van der Waals surface area contributed by atoms with E-state index in [1.807, 2.05) is 0 Å². The van der Waals surface area contributed by atoms with Crippen LogP contribution in [0.5, 0.6) is 0 Å². The summed E-state index contributed by atoms with van der Waals surface area (Å²) in [7, 11) is -3.09. The monoisotopic (exact) mass is 315 g/mol. The topological polar surface area (TPSA) is 89.5 Å². The number of carbonyl (C=O) groups excluding carboxylic acids is 2. The van der Waals surface area contributed by atoms with Crippen molar-refractivity contribution in [1.29, 1.82) is 0 Å². The molecule has 1 amide bonds. The van der Waals surface area contributed by atoms with Gasteiger partial charge in [0.1, 0.15) is 5.82 Å². The molecule has 2 rings (SSSR count). The fourth-order valence-electron chi connectivity index (χ4n) is 2.01. The number of halogens is 1. The third-order valence-electron chi connectivity index (χ3n) is 3.03. The van der Waals surface area contributed by atoms with Crippen LogP contribution in [0.15, 0.2) is 24.3 Å². The van der Waals surface area contributed by atoms with Gasteiger partial charge in [-0.2, -0.15) is 0 Å². The molecule has 6 nitrogen and oxygen atoms in total. The van der Waals surface area contributed by atoms with E-state index in [0.29, 0.717) is 6.42 Å². The molecule has 21 heavy (non-hydrogen) atoms. The van der Waals surface area contributed by atoms with Crippen molar-refractivity contribution >= 4 is 21.7 Å². The van der Waals surface area contributed by atoms with Crippen LogP contribution in [0.2, 0.25) is 0 Å². The highest BCUT2D eigenvalue weighted by Gasteiger charge is 2.29. The van der Waals surface area contributed by atoms with Gasteiger partial charge < -0.3 is 10.1 Å². The number of benzene rings is 1. The lowest BCUT2D eigenvalue weighted by molar-refractivity contribution is -0.124. The van der Waals surface area contributed by atoms with Crippen LogP contribution in [-0.4, -0.2) is 44.4 Å². The quantitative estimate of drug-likeness (QED) is 0.807. The van der Waals surface area contributed by atoms with Gasteiger partial charge in [-0.25, -0.2) is 17.6 Å². The molecule has 0 spiro atoms. The summed E-state index contributed by atoms with van der Waals surface area (Å²) in [6, 6.07) is 4.80. The van der Waals surface area contributed by atoms with Crippen LogP contribution < -0.4 is 5.32 Å². The van der Waals surface area contributed by atoms with E-state index in [0.717, 1.165) is 6.07 Å². The van der Waals surface area contributed by atoms with E-state index in [4.69, 9.17) is 4.74 Å². The van der Waals surface area contributed by atoms with Crippen molar-refractivity contribution in [1.82, 2.24) is 5.32 Å². The van der Waals surface area contributed by atoms with Gasteiger partial charge in [0.15, 0.2) is 16.4 Å². The molecule has 1 atom stereocenters. The second-order valence-corrected chi connectivity index (χ2v) is 6.95. The maximum atomic E-state index is 13.3. The molecule has 1 saturated heterocycles. The molecule has 1 heterocycles. The number of esters is 1. The Bertz CT molecular complexity index is 658. The molecule has 1 aromatic rings. The molecule has 8 heteroatoms. The SMILES string of the molecule is O=C(COC(=O)c1ccccc1F)N[C@@H]1CCS(=O)(=O)C1. The van der Waals surface area contributed by atoms with Crippen LogP contribution in [-0.2, 0) is 19.4 Å². The summed E-state index contributed by atoms with van der Waals surface area (Å²) in [6.45, 7) is -0.580. The van der Waals surface area contributed by atoms with Gasteiger partial charge in [0.2, 0.25) is 0 Å². The Balaban J connectivity index is 1.82. The van der Waals surface area contributed by atoms with Crippen LogP contribution >= 0.6 is 0 Å². The fraction of sp³-hybridized carbons (Fsp3) is 0.385. The van der Waals surface area contributed by atoms with Crippen molar-refractivity contribution in [3.05, 3.63) is 35.6 Å². The largest absolute Gasteiger partial charge is 0.452 e. The lowest BCUT2D eigenvalue weighted by Crippen LogP contribution is -2.38. The number of hydrogen-bond acceptors (Lipinski definition) is 5. The van der Waals surface area contributed by atoms with E-state index in [1.165, 1.54) is 18.2 Å². The van der Waals surface area contributed by atoms with Gasteiger partial charge in [-0.05, 0) is 18.6 Å². The van der Waals surface area contributed by atoms with Gasteiger partial charge in [0.05, 0.1) is 17.1 Å². The van der Waals surface area contributed by atoms with Crippen LogP contribution in [0.4, 0.5) is 4.39 Å². The van der Waals surface area contributed by atoms with E-state index in [2.05, 4.69) is 5.32 Å². The Kier molecular flexibility index (Phi) is 4.56. The zero-order valence-corrected chi connectivity index (χ0v) is 11.9. The smallest absolute Gasteiger partial charge is 0.341 e. The number of carbonyl (C=O) groups is 2.